The molecule has 0 radical (unpaired) electrons. The van der Waals surface area contributed by atoms with Crippen molar-refractivity contribution in [1.29, 1.82) is 0 Å². The quantitative estimate of drug-likeness (QED) is 0.756. The molecule has 1 N–H and O–H groups in total. The lowest BCUT2D eigenvalue weighted by atomic mass is 9.93. The molecule has 0 saturated heterocycles. The van der Waals surface area contributed by atoms with Crippen LogP contribution in [0, 0.1) is 0 Å². The molecule has 1 aliphatic heterocycles. The van der Waals surface area contributed by atoms with Gasteiger partial charge < -0.3 is 10.1 Å². The molecule has 0 spiro atoms. The molecule has 1 saturated carbocycles. The third-order valence-corrected chi connectivity index (χ3v) is 6.19. The Labute approximate surface area is 178 Å². The van der Waals surface area contributed by atoms with Crippen molar-refractivity contribution in [3.05, 3.63) is 71.3 Å². The van der Waals surface area contributed by atoms with E-state index in [-0.39, 0.29) is 18.6 Å². The zero-order chi connectivity index (χ0) is 20.8. The Kier molecular flexibility index (Phi) is 6.67. The summed E-state index contributed by atoms with van der Waals surface area (Å²) in [5, 5.41) is 3.23. The van der Waals surface area contributed by atoms with Crippen molar-refractivity contribution in [2.75, 3.05) is 0 Å². The summed E-state index contributed by atoms with van der Waals surface area (Å²) in [6.07, 6.45) is 6.91. The molecular formula is C25H30N2O3. The molecule has 5 heteroatoms. The monoisotopic (exact) mass is 406 g/mol. The first-order valence-corrected chi connectivity index (χ1v) is 11.0. The van der Waals surface area contributed by atoms with Gasteiger partial charge in [0, 0.05) is 12.5 Å². The molecule has 30 heavy (non-hydrogen) atoms. The van der Waals surface area contributed by atoms with Gasteiger partial charge in [-0.1, -0.05) is 80.3 Å². The normalized spacial score (nSPS) is 19.5. The average molecular weight is 407 g/mol. The lowest BCUT2D eigenvalue weighted by Gasteiger charge is -2.36. The van der Waals surface area contributed by atoms with Gasteiger partial charge in [0.1, 0.15) is 12.6 Å². The molecule has 2 aliphatic rings. The van der Waals surface area contributed by atoms with Crippen LogP contribution in [-0.4, -0.2) is 29.0 Å². The maximum absolute atomic E-state index is 13.2. The van der Waals surface area contributed by atoms with Crippen LogP contribution >= 0.6 is 0 Å². The third-order valence-electron chi connectivity index (χ3n) is 6.19. The van der Waals surface area contributed by atoms with Crippen LogP contribution in [0.25, 0.3) is 0 Å². The van der Waals surface area contributed by atoms with Crippen molar-refractivity contribution < 1.29 is 14.3 Å². The summed E-state index contributed by atoms with van der Waals surface area (Å²) in [4.78, 5) is 27.8. The second-order valence-corrected chi connectivity index (χ2v) is 8.35. The Balaban J connectivity index is 1.47. The second kappa shape index (κ2) is 9.79. The zero-order valence-corrected chi connectivity index (χ0v) is 17.4. The summed E-state index contributed by atoms with van der Waals surface area (Å²) in [5.74, 6) is -0.0620. The van der Waals surface area contributed by atoms with E-state index in [0.717, 1.165) is 42.4 Å². The highest BCUT2D eigenvalue weighted by atomic mass is 16.6. The number of amides is 2. The van der Waals surface area contributed by atoms with Gasteiger partial charge >= 0.3 is 6.09 Å². The fourth-order valence-electron chi connectivity index (χ4n) is 4.47. The topological polar surface area (TPSA) is 58.6 Å². The summed E-state index contributed by atoms with van der Waals surface area (Å²) in [5.41, 5.74) is 3.14. The minimum absolute atomic E-state index is 0.0620. The molecule has 0 bridgehead atoms. The van der Waals surface area contributed by atoms with Gasteiger partial charge in [-0.2, -0.15) is 0 Å². The van der Waals surface area contributed by atoms with Crippen LogP contribution in [-0.2, 0) is 29.1 Å². The molecule has 4 rings (SSSR count). The number of ether oxygens (including phenoxy) is 1. The van der Waals surface area contributed by atoms with E-state index in [9.17, 15) is 9.59 Å². The Morgan fingerprint density at radius 3 is 2.30 bits per heavy atom. The highest BCUT2D eigenvalue weighted by Crippen LogP contribution is 2.25. The van der Waals surface area contributed by atoms with Gasteiger partial charge in [0.05, 0.1) is 6.54 Å². The fraction of sp³-hybridized carbons (Fsp3) is 0.440. The summed E-state index contributed by atoms with van der Waals surface area (Å²) in [6, 6.07) is 17.3. The largest absolute Gasteiger partial charge is 0.445 e. The summed E-state index contributed by atoms with van der Waals surface area (Å²) in [6.45, 7) is 0.599. The van der Waals surface area contributed by atoms with E-state index in [4.69, 9.17) is 4.74 Å². The van der Waals surface area contributed by atoms with Gasteiger partial charge in [-0.05, 0) is 29.5 Å². The number of rotatable bonds is 4. The number of fused-ring (bicyclic) bond motifs is 1. The fourth-order valence-corrected chi connectivity index (χ4v) is 4.47. The summed E-state index contributed by atoms with van der Waals surface area (Å²) < 4.78 is 5.58. The molecule has 2 aromatic rings. The maximum atomic E-state index is 13.2. The van der Waals surface area contributed by atoms with Crippen LogP contribution < -0.4 is 5.32 Å². The van der Waals surface area contributed by atoms with Gasteiger partial charge in [0.2, 0.25) is 5.91 Å². The Bertz CT molecular complexity index is 860. The van der Waals surface area contributed by atoms with E-state index in [1.54, 1.807) is 4.90 Å². The molecule has 2 aromatic carbocycles. The van der Waals surface area contributed by atoms with Crippen LogP contribution in [0.3, 0.4) is 0 Å². The summed E-state index contributed by atoms with van der Waals surface area (Å²) >= 11 is 0. The number of nitrogens with zero attached hydrogens (tertiary/aromatic N) is 1. The van der Waals surface area contributed by atoms with Crippen LogP contribution in [0.2, 0.25) is 0 Å². The van der Waals surface area contributed by atoms with Crippen molar-refractivity contribution in [3.8, 4) is 0 Å². The van der Waals surface area contributed by atoms with E-state index < -0.39 is 12.1 Å². The van der Waals surface area contributed by atoms with Crippen molar-refractivity contribution in [2.45, 2.75) is 70.2 Å². The number of hydrogen-bond donors (Lipinski definition) is 1. The van der Waals surface area contributed by atoms with E-state index in [1.807, 2.05) is 54.6 Å². The molecule has 158 valence electrons. The highest BCUT2D eigenvalue weighted by Gasteiger charge is 2.36. The molecule has 2 amide bonds. The second-order valence-electron chi connectivity index (χ2n) is 8.35. The van der Waals surface area contributed by atoms with Gasteiger partial charge in [-0.15, -0.1) is 0 Å². The van der Waals surface area contributed by atoms with E-state index in [2.05, 4.69) is 5.32 Å². The first kappa shape index (κ1) is 20.5. The van der Waals surface area contributed by atoms with Gasteiger partial charge in [-0.25, -0.2) is 4.79 Å². The molecular weight excluding hydrogens is 376 g/mol. The van der Waals surface area contributed by atoms with Crippen molar-refractivity contribution in [3.63, 3.8) is 0 Å². The number of hydrogen-bond acceptors (Lipinski definition) is 3. The standard InChI is InChI=1S/C25H30N2O3/c28-24(26-22-14-6-1-2-7-15-22)23-16-20-12-8-9-13-21(20)17-27(23)25(29)30-18-19-10-4-3-5-11-19/h3-5,8-13,22-23H,1-2,6-7,14-18H2,(H,26,28)/t23-/m0/s1. The Morgan fingerprint density at radius 1 is 0.900 bits per heavy atom. The molecule has 1 heterocycles. The van der Waals surface area contributed by atoms with Gasteiger partial charge in [0.25, 0.3) is 0 Å². The Morgan fingerprint density at radius 2 is 1.57 bits per heavy atom. The smallest absolute Gasteiger partial charge is 0.411 e. The van der Waals surface area contributed by atoms with Crippen molar-refractivity contribution >= 4 is 12.0 Å². The SMILES string of the molecule is O=C(NC1CCCCCC1)[C@@H]1Cc2ccccc2CN1C(=O)OCc1ccccc1. The third kappa shape index (κ3) is 5.02. The lowest BCUT2D eigenvalue weighted by Crippen LogP contribution is -2.54. The number of carbonyl (C=O) groups is 2. The number of benzene rings is 2. The maximum Gasteiger partial charge on any atom is 0.411 e. The van der Waals surface area contributed by atoms with Crippen LogP contribution in [0.15, 0.2) is 54.6 Å². The minimum atomic E-state index is -0.536. The van der Waals surface area contributed by atoms with Crippen LogP contribution in [0.4, 0.5) is 4.79 Å². The first-order chi connectivity index (χ1) is 14.7. The minimum Gasteiger partial charge on any atom is -0.445 e. The number of nitrogens with one attached hydrogen (secondary N) is 1. The zero-order valence-electron chi connectivity index (χ0n) is 17.4. The molecule has 1 fully saturated rings. The van der Waals surface area contributed by atoms with Gasteiger partial charge in [0.15, 0.2) is 0 Å². The highest BCUT2D eigenvalue weighted by molar-refractivity contribution is 5.86. The van der Waals surface area contributed by atoms with Crippen LogP contribution in [0.5, 0.6) is 0 Å². The molecule has 5 nitrogen and oxygen atoms in total. The van der Waals surface area contributed by atoms with E-state index in [1.165, 1.54) is 12.8 Å². The predicted molar refractivity (Wildman–Crippen MR) is 116 cm³/mol. The Hall–Kier alpha value is -2.82. The average Bonchev–Trinajstić information content (AvgIpc) is 3.06. The van der Waals surface area contributed by atoms with E-state index >= 15 is 0 Å². The first-order valence-electron chi connectivity index (χ1n) is 11.0. The van der Waals surface area contributed by atoms with Crippen LogP contribution in [0.1, 0.15) is 55.2 Å². The number of carbonyl (C=O) groups excluding carboxylic acids is 2. The predicted octanol–water partition coefficient (Wildman–Crippen LogP) is 4.59. The lowest BCUT2D eigenvalue weighted by molar-refractivity contribution is -0.127. The molecule has 1 aliphatic carbocycles. The summed E-state index contributed by atoms with van der Waals surface area (Å²) in [7, 11) is 0. The molecule has 0 aromatic heterocycles. The van der Waals surface area contributed by atoms with Crippen molar-refractivity contribution in [1.82, 2.24) is 10.2 Å². The van der Waals surface area contributed by atoms with E-state index in [0.29, 0.717) is 13.0 Å². The van der Waals surface area contributed by atoms with Gasteiger partial charge in [-0.3, -0.25) is 9.69 Å². The van der Waals surface area contributed by atoms with Crippen molar-refractivity contribution in [2.24, 2.45) is 0 Å². The molecule has 1 atom stereocenters. The molecule has 0 unspecified atom stereocenters.